The summed E-state index contributed by atoms with van der Waals surface area (Å²) < 4.78 is 0. The maximum absolute atomic E-state index is 12.0. The fourth-order valence-corrected chi connectivity index (χ4v) is 2.27. The summed E-state index contributed by atoms with van der Waals surface area (Å²) in [6.45, 7) is 5.08. The number of carbonyl (C=O) groups is 3. The molecule has 1 aliphatic heterocycles. The van der Waals surface area contributed by atoms with Crippen LogP contribution in [0.4, 0.5) is 4.79 Å². The normalized spacial score (nSPS) is 17.2. The van der Waals surface area contributed by atoms with Gasteiger partial charge in [-0.25, -0.2) is 9.59 Å². The van der Waals surface area contributed by atoms with Crippen molar-refractivity contribution in [2.45, 2.75) is 39.2 Å². The van der Waals surface area contributed by atoms with Gasteiger partial charge in [0, 0.05) is 20.1 Å². The molecule has 1 heterocycles. The first-order valence-electron chi connectivity index (χ1n) is 7.39. The van der Waals surface area contributed by atoms with Crippen LogP contribution in [-0.2, 0) is 9.59 Å². The third kappa shape index (κ3) is 4.91. The van der Waals surface area contributed by atoms with Crippen LogP contribution in [0.3, 0.4) is 0 Å². The molecule has 0 aromatic rings. The second-order valence-corrected chi connectivity index (χ2v) is 5.59. The van der Waals surface area contributed by atoms with E-state index in [9.17, 15) is 14.4 Å². The number of aliphatic carboxylic acids is 1. The van der Waals surface area contributed by atoms with Crippen molar-refractivity contribution in [2.24, 2.45) is 5.92 Å². The molecular weight excluding hydrogens is 274 g/mol. The highest BCUT2D eigenvalue weighted by Gasteiger charge is 2.27. The zero-order chi connectivity index (χ0) is 16.0. The molecule has 7 nitrogen and oxygen atoms in total. The van der Waals surface area contributed by atoms with Crippen molar-refractivity contribution in [2.75, 3.05) is 26.7 Å². The van der Waals surface area contributed by atoms with E-state index in [2.05, 4.69) is 5.32 Å². The van der Waals surface area contributed by atoms with Gasteiger partial charge < -0.3 is 20.2 Å². The van der Waals surface area contributed by atoms with Gasteiger partial charge in [0.1, 0.15) is 12.6 Å². The van der Waals surface area contributed by atoms with Crippen LogP contribution in [-0.4, -0.2) is 65.5 Å². The van der Waals surface area contributed by atoms with Gasteiger partial charge in [0.25, 0.3) is 0 Å². The lowest BCUT2D eigenvalue weighted by Crippen LogP contribution is -2.51. The molecule has 0 spiro atoms. The van der Waals surface area contributed by atoms with Crippen molar-refractivity contribution < 1.29 is 19.5 Å². The average molecular weight is 299 g/mol. The van der Waals surface area contributed by atoms with Gasteiger partial charge in [-0.2, -0.15) is 0 Å². The smallest absolute Gasteiger partial charge is 0.326 e. The summed E-state index contributed by atoms with van der Waals surface area (Å²) in [7, 11) is 1.50. The maximum Gasteiger partial charge on any atom is 0.326 e. The predicted octanol–water partition coefficient (Wildman–Crippen LogP) is 0.750. The number of carboxylic acids is 1. The molecule has 0 bridgehead atoms. The van der Waals surface area contributed by atoms with E-state index >= 15 is 0 Å². The van der Waals surface area contributed by atoms with Crippen molar-refractivity contribution in [3.05, 3.63) is 0 Å². The van der Waals surface area contributed by atoms with E-state index in [-0.39, 0.29) is 18.4 Å². The summed E-state index contributed by atoms with van der Waals surface area (Å²) in [4.78, 5) is 38.1. The number of urea groups is 1. The Labute approximate surface area is 125 Å². The number of hydrogen-bond acceptors (Lipinski definition) is 3. The number of likely N-dealkylation sites (tertiary alicyclic amines) is 1. The number of carboxylic acid groups (broad SMARTS) is 1. The average Bonchev–Trinajstić information content (AvgIpc) is 2.97. The predicted molar refractivity (Wildman–Crippen MR) is 77.9 cm³/mol. The number of nitrogens with zero attached hydrogens (tertiary/aromatic N) is 2. The Balaban J connectivity index is 2.52. The number of likely N-dealkylation sites (N-methyl/N-ethyl adjacent to an activating group) is 1. The molecule has 1 fully saturated rings. The Morgan fingerprint density at radius 3 is 2.33 bits per heavy atom. The molecule has 2 atom stereocenters. The molecule has 0 radical (unpaired) electrons. The molecule has 1 unspecified atom stereocenters. The van der Waals surface area contributed by atoms with Gasteiger partial charge in [-0.3, -0.25) is 4.79 Å². The molecule has 120 valence electrons. The lowest BCUT2D eigenvalue weighted by Gasteiger charge is -2.25. The van der Waals surface area contributed by atoms with Crippen LogP contribution < -0.4 is 5.32 Å². The lowest BCUT2D eigenvalue weighted by molar-refractivity contribution is -0.140. The Bertz CT molecular complexity index is 394. The number of carbonyl (C=O) groups excluding carboxylic acids is 2. The van der Waals surface area contributed by atoms with Crippen LogP contribution in [0.25, 0.3) is 0 Å². The van der Waals surface area contributed by atoms with Gasteiger partial charge in [-0.1, -0.05) is 20.3 Å². The first kappa shape index (κ1) is 17.3. The van der Waals surface area contributed by atoms with Crippen LogP contribution in [0.5, 0.6) is 0 Å². The minimum atomic E-state index is -1.06. The second kappa shape index (κ2) is 7.85. The van der Waals surface area contributed by atoms with Crippen molar-refractivity contribution >= 4 is 17.9 Å². The topological polar surface area (TPSA) is 90.0 Å². The van der Waals surface area contributed by atoms with Gasteiger partial charge in [-0.15, -0.1) is 0 Å². The quantitative estimate of drug-likeness (QED) is 0.757. The minimum Gasteiger partial charge on any atom is -0.480 e. The zero-order valence-electron chi connectivity index (χ0n) is 13.0. The van der Waals surface area contributed by atoms with E-state index < -0.39 is 18.0 Å². The first-order chi connectivity index (χ1) is 9.86. The highest BCUT2D eigenvalue weighted by Crippen LogP contribution is 2.10. The van der Waals surface area contributed by atoms with Crippen molar-refractivity contribution in [1.29, 1.82) is 0 Å². The van der Waals surface area contributed by atoms with E-state index in [1.54, 1.807) is 11.8 Å². The largest absolute Gasteiger partial charge is 0.480 e. The number of nitrogens with one attached hydrogen (secondary N) is 1. The molecule has 21 heavy (non-hydrogen) atoms. The summed E-state index contributed by atoms with van der Waals surface area (Å²) in [5, 5.41) is 11.6. The summed E-state index contributed by atoms with van der Waals surface area (Å²) in [5.74, 6) is -1.33. The summed E-state index contributed by atoms with van der Waals surface area (Å²) in [6.07, 6.45) is 2.64. The molecule has 0 aromatic carbocycles. The molecule has 7 heteroatoms. The van der Waals surface area contributed by atoms with Gasteiger partial charge in [0.15, 0.2) is 0 Å². The van der Waals surface area contributed by atoms with Gasteiger partial charge in [0.05, 0.1) is 0 Å². The fraction of sp³-hybridized carbons (Fsp3) is 0.786. The third-order valence-corrected chi connectivity index (χ3v) is 3.94. The van der Waals surface area contributed by atoms with Crippen LogP contribution in [0, 0.1) is 5.92 Å². The zero-order valence-corrected chi connectivity index (χ0v) is 13.0. The van der Waals surface area contributed by atoms with E-state index in [0.29, 0.717) is 6.42 Å². The monoisotopic (exact) mass is 299 g/mol. The van der Waals surface area contributed by atoms with E-state index in [0.717, 1.165) is 25.9 Å². The Kier molecular flexibility index (Phi) is 6.45. The molecule has 2 N–H and O–H groups in total. The third-order valence-electron chi connectivity index (χ3n) is 3.94. The molecule has 0 aliphatic carbocycles. The molecule has 1 aliphatic rings. The molecule has 1 saturated heterocycles. The van der Waals surface area contributed by atoms with Crippen molar-refractivity contribution in [3.63, 3.8) is 0 Å². The second-order valence-electron chi connectivity index (χ2n) is 5.59. The van der Waals surface area contributed by atoms with Crippen molar-refractivity contribution in [3.8, 4) is 0 Å². The summed E-state index contributed by atoms with van der Waals surface area (Å²) in [5.41, 5.74) is 0. The molecular formula is C14H25N3O4. The number of hydrogen-bond donors (Lipinski definition) is 2. The summed E-state index contributed by atoms with van der Waals surface area (Å²) >= 11 is 0. The Morgan fingerprint density at radius 1 is 1.29 bits per heavy atom. The standard InChI is InChI=1S/C14H25N3O4/c1-4-10(2)12(13(19)20)15-14(21)16(3)9-11(18)17-7-5-6-8-17/h10,12H,4-9H2,1-3H3,(H,15,21)(H,19,20)/t10?,12-/m0/s1. The first-order valence-corrected chi connectivity index (χ1v) is 7.39. The fourth-order valence-electron chi connectivity index (χ4n) is 2.27. The lowest BCUT2D eigenvalue weighted by atomic mass is 9.99. The highest BCUT2D eigenvalue weighted by molar-refractivity contribution is 5.86. The van der Waals surface area contributed by atoms with E-state index in [4.69, 9.17) is 5.11 Å². The molecule has 1 rings (SSSR count). The SMILES string of the molecule is CCC(C)[C@H](NC(=O)N(C)CC(=O)N1CCCC1)C(=O)O. The van der Waals surface area contributed by atoms with Gasteiger partial charge >= 0.3 is 12.0 Å². The van der Waals surface area contributed by atoms with Crippen LogP contribution in [0.2, 0.25) is 0 Å². The highest BCUT2D eigenvalue weighted by atomic mass is 16.4. The number of rotatable bonds is 6. The summed E-state index contributed by atoms with van der Waals surface area (Å²) in [6, 6.07) is -1.47. The Hall–Kier alpha value is -1.79. The van der Waals surface area contributed by atoms with E-state index in [1.165, 1.54) is 11.9 Å². The molecule has 3 amide bonds. The van der Waals surface area contributed by atoms with Gasteiger partial charge in [0.2, 0.25) is 5.91 Å². The molecule has 0 aromatic heterocycles. The minimum absolute atomic E-state index is 0.0291. The maximum atomic E-state index is 12.0. The Morgan fingerprint density at radius 2 is 1.86 bits per heavy atom. The van der Waals surface area contributed by atoms with E-state index in [1.807, 2.05) is 6.92 Å². The van der Waals surface area contributed by atoms with Crippen LogP contribution in [0.1, 0.15) is 33.1 Å². The van der Waals surface area contributed by atoms with Crippen LogP contribution in [0.15, 0.2) is 0 Å². The van der Waals surface area contributed by atoms with Crippen LogP contribution >= 0.6 is 0 Å². The number of amides is 3. The van der Waals surface area contributed by atoms with Gasteiger partial charge in [-0.05, 0) is 18.8 Å². The molecule has 0 saturated carbocycles. The van der Waals surface area contributed by atoms with Crippen molar-refractivity contribution in [1.82, 2.24) is 15.1 Å².